The third-order valence-electron chi connectivity index (χ3n) is 4.40. The highest BCUT2D eigenvalue weighted by Crippen LogP contribution is 2.39. The summed E-state index contributed by atoms with van der Waals surface area (Å²) >= 11 is 6.34. The van der Waals surface area contributed by atoms with Crippen molar-refractivity contribution in [3.8, 4) is 11.4 Å². The number of imidazole rings is 1. The van der Waals surface area contributed by atoms with E-state index in [4.69, 9.17) is 4.74 Å². The van der Waals surface area contributed by atoms with Crippen LogP contribution in [0.25, 0.3) is 11.4 Å². The monoisotopic (exact) mass is 461 g/mol. The second kappa shape index (κ2) is 8.04. The van der Waals surface area contributed by atoms with Gasteiger partial charge in [-0.2, -0.15) is 4.57 Å². The molecule has 140 valence electrons. The van der Waals surface area contributed by atoms with Gasteiger partial charge < -0.3 is 27.0 Å². The Morgan fingerprint density at radius 1 is 1.07 bits per heavy atom. The molecule has 2 aromatic carbocycles. The van der Waals surface area contributed by atoms with E-state index in [2.05, 4.69) is 71.0 Å². The molecule has 2 heterocycles. The van der Waals surface area contributed by atoms with Gasteiger partial charge in [-0.1, -0.05) is 42.1 Å². The van der Waals surface area contributed by atoms with Gasteiger partial charge in [0.2, 0.25) is 0 Å². The van der Waals surface area contributed by atoms with Crippen molar-refractivity contribution in [2.45, 2.75) is 23.9 Å². The number of aromatic nitrogens is 2. The number of fused-ring (bicyclic) bond motifs is 1. The maximum absolute atomic E-state index is 5.32. The van der Waals surface area contributed by atoms with Crippen LogP contribution in [0.4, 0.5) is 5.69 Å². The van der Waals surface area contributed by atoms with Crippen molar-refractivity contribution in [3.63, 3.8) is 0 Å². The van der Waals surface area contributed by atoms with Gasteiger partial charge in [-0.25, -0.2) is 4.98 Å². The van der Waals surface area contributed by atoms with Gasteiger partial charge in [0.1, 0.15) is 17.1 Å². The number of halogens is 1. The molecule has 0 radical (unpaired) electrons. The molecule has 7 heteroatoms. The number of rotatable bonds is 3. The van der Waals surface area contributed by atoms with Crippen molar-refractivity contribution in [2.75, 3.05) is 12.4 Å². The number of methoxy groups -OCH3 is 1. The van der Waals surface area contributed by atoms with E-state index in [9.17, 15) is 0 Å². The lowest BCUT2D eigenvalue weighted by atomic mass is 10.2. The van der Waals surface area contributed by atoms with Crippen molar-refractivity contribution in [3.05, 3.63) is 64.8 Å². The molecule has 0 unspecified atom stereocenters. The van der Waals surface area contributed by atoms with E-state index in [0.717, 1.165) is 44.3 Å². The van der Waals surface area contributed by atoms with E-state index >= 15 is 0 Å². The fourth-order valence-electron chi connectivity index (χ4n) is 3.07. The summed E-state index contributed by atoms with van der Waals surface area (Å²) in [6, 6.07) is 14.5. The van der Waals surface area contributed by atoms with Gasteiger partial charge in [0.05, 0.1) is 18.5 Å². The minimum atomic E-state index is 0. The molecule has 0 saturated carbocycles. The van der Waals surface area contributed by atoms with Gasteiger partial charge in [-0.05, 0) is 37.3 Å². The Labute approximate surface area is 179 Å². The molecule has 3 aromatic rings. The highest BCUT2D eigenvalue weighted by Gasteiger charge is 2.27. The molecule has 0 fully saturated rings. The van der Waals surface area contributed by atoms with Crippen LogP contribution < -0.4 is 31.6 Å². The number of thiol groups is 1. The van der Waals surface area contributed by atoms with Crippen LogP contribution in [-0.4, -0.2) is 12.1 Å². The molecular weight excluding hydrogens is 442 g/mol. The van der Waals surface area contributed by atoms with Crippen LogP contribution in [0, 0.1) is 13.8 Å². The molecule has 0 aliphatic carbocycles. The summed E-state index contributed by atoms with van der Waals surface area (Å²) < 4.78 is 7.45. The fourth-order valence-corrected chi connectivity index (χ4v) is 4.30. The third-order valence-corrected chi connectivity index (χ3v) is 5.66. The average molecular weight is 462 g/mol. The van der Waals surface area contributed by atoms with E-state index in [1.54, 1.807) is 18.9 Å². The fraction of sp³-hybridized carbons (Fsp3) is 0.150. The van der Waals surface area contributed by atoms with Crippen LogP contribution in [0.3, 0.4) is 0 Å². The summed E-state index contributed by atoms with van der Waals surface area (Å²) in [5.41, 5.74) is 6.57. The van der Waals surface area contributed by atoms with E-state index in [0.29, 0.717) is 0 Å². The van der Waals surface area contributed by atoms with Crippen LogP contribution >= 0.6 is 24.4 Å². The average Bonchev–Trinajstić information content (AvgIpc) is 2.95. The number of hydrogen-bond donors (Lipinski definition) is 3. The molecule has 0 atom stereocenters. The zero-order chi connectivity index (χ0) is 18.3. The van der Waals surface area contributed by atoms with Crippen molar-refractivity contribution < 1.29 is 26.3 Å². The summed E-state index contributed by atoms with van der Waals surface area (Å²) in [5, 5.41) is 6.49. The van der Waals surface area contributed by atoms with Gasteiger partial charge >= 0.3 is 5.16 Å². The number of nitrogens with zero attached hydrogens (tertiary/aromatic N) is 1. The number of H-pyrrole nitrogens is 1. The second-order valence-corrected chi connectivity index (χ2v) is 7.56. The number of aromatic amines is 1. The highest BCUT2D eigenvalue weighted by atomic mass is 79.9. The smallest absolute Gasteiger partial charge is 0.318 e. The van der Waals surface area contributed by atoms with Crippen molar-refractivity contribution in [1.29, 1.82) is 0 Å². The van der Waals surface area contributed by atoms with Crippen LogP contribution in [0.2, 0.25) is 0 Å². The first-order chi connectivity index (χ1) is 12.6. The molecular formula is C20H20BrN3OS2. The summed E-state index contributed by atoms with van der Waals surface area (Å²) in [4.78, 5) is 4.49. The number of nitrogens with one attached hydrogen (secondary N) is 2. The quantitative estimate of drug-likeness (QED) is 0.410. The van der Waals surface area contributed by atoms with Crippen molar-refractivity contribution in [2.24, 2.45) is 0 Å². The molecule has 1 aliphatic heterocycles. The number of hydrogen-bond acceptors (Lipinski definition) is 4. The van der Waals surface area contributed by atoms with Gasteiger partial charge in [0, 0.05) is 17.2 Å². The van der Waals surface area contributed by atoms with E-state index < -0.39 is 0 Å². The van der Waals surface area contributed by atoms with Crippen molar-refractivity contribution >= 4 is 35.8 Å². The highest BCUT2D eigenvalue weighted by molar-refractivity contribution is 8.02. The SMILES string of the molecule is COc1ccc2c(c1)SC=C(c1c(C)[nH]c(S)[n+]1-c1ccc(C)cc1)N2.[Br-]. The van der Waals surface area contributed by atoms with Gasteiger partial charge in [0.15, 0.2) is 5.69 Å². The summed E-state index contributed by atoms with van der Waals surface area (Å²) in [5.74, 6) is 0.861. The molecule has 2 N–H and O–H groups in total. The second-order valence-electron chi connectivity index (χ2n) is 6.23. The summed E-state index contributed by atoms with van der Waals surface area (Å²) in [6.07, 6.45) is 0. The lowest BCUT2D eigenvalue weighted by Crippen LogP contribution is -3.00. The Bertz CT molecular complexity index is 1010. The molecule has 4 rings (SSSR count). The van der Waals surface area contributed by atoms with Gasteiger partial charge in [-0.15, -0.1) is 0 Å². The number of thioether (sulfide) groups is 1. The Kier molecular flexibility index (Phi) is 5.93. The standard InChI is InChI=1S/C20H19N3OS2.BrH/c1-12-4-6-14(7-5-12)23-19(13(2)21-20(23)25)17-11-26-18-10-15(24-3)8-9-16(18)22-17;/h4-11,22H,1-3H3,(H,21,25);1H. The number of aryl methyl sites for hydroxylation is 2. The molecule has 1 aliphatic rings. The maximum atomic E-state index is 5.32. The molecule has 27 heavy (non-hydrogen) atoms. The molecule has 0 saturated heterocycles. The van der Waals surface area contributed by atoms with Crippen LogP contribution in [0.5, 0.6) is 5.75 Å². The van der Waals surface area contributed by atoms with E-state index in [1.807, 2.05) is 18.2 Å². The van der Waals surface area contributed by atoms with Crippen molar-refractivity contribution in [1.82, 2.24) is 4.98 Å². The number of benzene rings is 2. The lowest BCUT2D eigenvalue weighted by Gasteiger charge is -2.19. The molecule has 0 spiro atoms. The largest absolute Gasteiger partial charge is 1.00 e. The predicted octanol–water partition coefficient (Wildman–Crippen LogP) is 1.73. The number of ether oxygens (including phenoxy) is 1. The minimum absolute atomic E-state index is 0. The summed E-state index contributed by atoms with van der Waals surface area (Å²) in [7, 11) is 1.69. The Morgan fingerprint density at radius 2 is 1.81 bits per heavy atom. The lowest BCUT2D eigenvalue weighted by molar-refractivity contribution is -0.637. The Balaban J connectivity index is 0.00000210. The minimum Gasteiger partial charge on any atom is -1.00 e. The molecule has 4 nitrogen and oxygen atoms in total. The zero-order valence-corrected chi connectivity index (χ0v) is 18.5. The van der Waals surface area contributed by atoms with E-state index in [-0.39, 0.29) is 17.0 Å². The zero-order valence-electron chi connectivity index (χ0n) is 15.2. The van der Waals surface area contributed by atoms with Crippen LogP contribution in [0.15, 0.2) is 57.9 Å². The van der Waals surface area contributed by atoms with Gasteiger partial charge in [0.25, 0.3) is 0 Å². The Morgan fingerprint density at radius 3 is 2.52 bits per heavy atom. The first kappa shape index (κ1) is 19.9. The molecule has 0 amide bonds. The molecule has 0 bridgehead atoms. The molecule has 1 aromatic heterocycles. The normalized spacial score (nSPS) is 12.5. The number of anilines is 1. The van der Waals surface area contributed by atoms with Crippen LogP contribution in [-0.2, 0) is 0 Å². The van der Waals surface area contributed by atoms with E-state index in [1.165, 1.54) is 5.56 Å². The first-order valence-corrected chi connectivity index (χ1v) is 9.62. The Hall–Kier alpha value is -1.83. The third kappa shape index (κ3) is 3.77. The predicted molar refractivity (Wildman–Crippen MR) is 110 cm³/mol. The first-order valence-electron chi connectivity index (χ1n) is 8.29. The van der Waals surface area contributed by atoms with Gasteiger partial charge in [-0.3, -0.25) is 0 Å². The summed E-state index contributed by atoms with van der Waals surface area (Å²) in [6.45, 7) is 4.16. The maximum Gasteiger partial charge on any atom is 0.318 e. The van der Waals surface area contributed by atoms with Crippen LogP contribution in [0.1, 0.15) is 17.0 Å². The topological polar surface area (TPSA) is 40.9 Å².